The van der Waals surface area contributed by atoms with Crippen molar-refractivity contribution in [3.05, 3.63) is 53.6 Å². The highest BCUT2D eigenvalue weighted by atomic mass is 32.2. The quantitative estimate of drug-likeness (QED) is 0.880. The fourth-order valence-corrected chi connectivity index (χ4v) is 3.16. The maximum absolute atomic E-state index is 12.0. The van der Waals surface area contributed by atoms with E-state index in [2.05, 4.69) is 9.71 Å². The third-order valence-electron chi connectivity index (χ3n) is 3.04. The highest BCUT2D eigenvalue weighted by Crippen LogP contribution is 2.07. The van der Waals surface area contributed by atoms with Gasteiger partial charge in [0.25, 0.3) is 0 Å². The van der Waals surface area contributed by atoms with Crippen LogP contribution in [-0.2, 0) is 22.3 Å². The van der Waals surface area contributed by atoms with Gasteiger partial charge in [0.15, 0.2) is 0 Å². The molecule has 1 N–H and O–H groups in total. The molecule has 0 amide bonds. The molecule has 0 aliphatic carbocycles. The lowest BCUT2D eigenvalue weighted by Gasteiger charge is -2.08. The van der Waals surface area contributed by atoms with Gasteiger partial charge in [0.2, 0.25) is 10.0 Å². The predicted molar refractivity (Wildman–Crippen MR) is 78.8 cm³/mol. The van der Waals surface area contributed by atoms with Crippen LogP contribution in [0.2, 0.25) is 0 Å². The minimum atomic E-state index is -3.30. The van der Waals surface area contributed by atoms with Gasteiger partial charge in [0.05, 0.1) is 5.75 Å². The molecule has 0 spiro atoms. The molecule has 0 unspecified atom stereocenters. The Kier molecular flexibility index (Phi) is 4.57. The van der Waals surface area contributed by atoms with Crippen LogP contribution in [0.1, 0.15) is 17.0 Å². The highest BCUT2D eigenvalue weighted by Gasteiger charge is 2.11. The van der Waals surface area contributed by atoms with Crippen molar-refractivity contribution in [1.82, 2.24) is 14.3 Å². The number of aryl methyl sites for hydroxylation is 2. The van der Waals surface area contributed by atoms with Crippen LogP contribution in [0.25, 0.3) is 0 Å². The molecular formula is C14H19N3O2S. The monoisotopic (exact) mass is 293 g/mol. The van der Waals surface area contributed by atoms with E-state index in [1.807, 2.05) is 48.9 Å². The molecule has 1 heterocycles. The number of nitrogens with zero attached hydrogens (tertiary/aromatic N) is 2. The van der Waals surface area contributed by atoms with E-state index >= 15 is 0 Å². The molecule has 0 aliphatic heterocycles. The van der Waals surface area contributed by atoms with Crippen LogP contribution in [0.5, 0.6) is 0 Å². The van der Waals surface area contributed by atoms with Gasteiger partial charge in [-0.15, -0.1) is 0 Å². The molecule has 6 heteroatoms. The van der Waals surface area contributed by atoms with Crippen LogP contribution < -0.4 is 4.72 Å². The molecule has 0 atom stereocenters. The van der Waals surface area contributed by atoms with Crippen LogP contribution in [0.15, 0.2) is 36.7 Å². The summed E-state index contributed by atoms with van der Waals surface area (Å²) in [6, 6.07) is 7.53. The normalized spacial score (nSPS) is 11.7. The Hall–Kier alpha value is -1.66. The van der Waals surface area contributed by atoms with E-state index in [4.69, 9.17) is 0 Å². The Morgan fingerprint density at radius 3 is 2.75 bits per heavy atom. The van der Waals surface area contributed by atoms with E-state index in [1.54, 1.807) is 6.20 Å². The average molecular weight is 293 g/mol. The number of hydrogen-bond donors (Lipinski definition) is 1. The smallest absolute Gasteiger partial charge is 0.215 e. The van der Waals surface area contributed by atoms with E-state index in [1.165, 1.54) is 0 Å². The van der Waals surface area contributed by atoms with Crippen molar-refractivity contribution in [2.24, 2.45) is 0 Å². The first kappa shape index (κ1) is 14.7. The van der Waals surface area contributed by atoms with Crippen LogP contribution in [-0.4, -0.2) is 24.5 Å². The molecule has 2 rings (SSSR count). The van der Waals surface area contributed by atoms with Crippen molar-refractivity contribution in [2.75, 3.05) is 6.54 Å². The standard InChI is InChI=1S/C14H19N3O2S/c1-12-4-3-5-14(10-12)11-20(18,19)16-7-9-17-8-6-15-13(17)2/h3-6,8,10,16H,7,9,11H2,1-2H3. The second-order valence-electron chi connectivity index (χ2n) is 4.81. The van der Waals surface area contributed by atoms with Gasteiger partial charge in [-0.1, -0.05) is 29.8 Å². The second-order valence-corrected chi connectivity index (χ2v) is 6.62. The van der Waals surface area contributed by atoms with Crippen molar-refractivity contribution in [3.8, 4) is 0 Å². The number of nitrogens with one attached hydrogen (secondary N) is 1. The Bertz CT molecular complexity index is 677. The summed E-state index contributed by atoms with van der Waals surface area (Å²) in [6.07, 6.45) is 3.54. The number of rotatable bonds is 6. The van der Waals surface area contributed by atoms with Gasteiger partial charge in [-0.05, 0) is 19.4 Å². The molecule has 0 saturated heterocycles. The largest absolute Gasteiger partial charge is 0.334 e. The van der Waals surface area contributed by atoms with Crippen molar-refractivity contribution >= 4 is 10.0 Å². The summed E-state index contributed by atoms with van der Waals surface area (Å²) in [5.41, 5.74) is 1.86. The molecule has 5 nitrogen and oxygen atoms in total. The van der Waals surface area contributed by atoms with E-state index in [0.717, 1.165) is 17.0 Å². The summed E-state index contributed by atoms with van der Waals surface area (Å²) in [5, 5.41) is 0. The third kappa shape index (κ3) is 4.18. The van der Waals surface area contributed by atoms with E-state index in [0.29, 0.717) is 13.1 Å². The minimum absolute atomic E-state index is 0.0115. The first-order chi connectivity index (χ1) is 9.46. The molecule has 0 radical (unpaired) electrons. The lowest BCUT2D eigenvalue weighted by atomic mass is 10.2. The Balaban J connectivity index is 1.90. The highest BCUT2D eigenvalue weighted by molar-refractivity contribution is 7.88. The van der Waals surface area contributed by atoms with Gasteiger partial charge in [-0.3, -0.25) is 0 Å². The molecule has 2 aromatic rings. The fourth-order valence-electron chi connectivity index (χ4n) is 2.03. The Labute approximate surface area is 119 Å². The van der Waals surface area contributed by atoms with Crippen LogP contribution in [0.4, 0.5) is 0 Å². The van der Waals surface area contributed by atoms with Gasteiger partial charge in [0, 0.05) is 25.5 Å². The van der Waals surface area contributed by atoms with Crippen molar-refractivity contribution in [3.63, 3.8) is 0 Å². The second kappa shape index (κ2) is 6.19. The number of aromatic nitrogens is 2. The molecule has 0 saturated carbocycles. The van der Waals surface area contributed by atoms with Crippen LogP contribution in [0, 0.1) is 13.8 Å². The van der Waals surface area contributed by atoms with Crippen LogP contribution in [0.3, 0.4) is 0 Å². The number of sulfonamides is 1. The number of benzene rings is 1. The van der Waals surface area contributed by atoms with Gasteiger partial charge in [0.1, 0.15) is 5.82 Å². The van der Waals surface area contributed by atoms with E-state index in [-0.39, 0.29) is 5.75 Å². The fraction of sp³-hybridized carbons (Fsp3) is 0.357. The molecule has 0 aliphatic rings. The Morgan fingerprint density at radius 2 is 2.10 bits per heavy atom. The van der Waals surface area contributed by atoms with Crippen molar-refractivity contribution in [2.45, 2.75) is 26.1 Å². The molecular weight excluding hydrogens is 274 g/mol. The Morgan fingerprint density at radius 1 is 1.30 bits per heavy atom. The minimum Gasteiger partial charge on any atom is -0.334 e. The molecule has 20 heavy (non-hydrogen) atoms. The summed E-state index contributed by atoms with van der Waals surface area (Å²) in [4.78, 5) is 4.09. The predicted octanol–water partition coefficient (Wildman–Crippen LogP) is 1.62. The summed E-state index contributed by atoms with van der Waals surface area (Å²) in [7, 11) is -3.30. The first-order valence-corrected chi connectivity index (χ1v) is 8.12. The lowest BCUT2D eigenvalue weighted by molar-refractivity contribution is 0.570. The van der Waals surface area contributed by atoms with Gasteiger partial charge in [-0.25, -0.2) is 18.1 Å². The maximum Gasteiger partial charge on any atom is 0.215 e. The van der Waals surface area contributed by atoms with E-state index < -0.39 is 10.0 Å². The zero-order valence-corrected chi connectivity index (χ0v) is 12.5. The zero-order valence-electron chi connectivity index (χ0n) is 11.7. The maximum atomic E-state index is 12.0. The number of hydrogen-bond acceptors (Lipinski definition) is 3. The molecule has 108 valence electrons. The number of imidazole rings is 1. The third-order valence-corrected chi connectivity index (χ3v) is 4.39. The average Bonchev–Trinajstić information content (AvgIpc) is 2.74. The zero-order chi connectivity index (χ0) is 14.6. The molecule has 0 bridgehead atoms. The summed E-state index contributed by atoms with van der Waals surface area (Å²) < 4.78 is 28.5. The van der Waals surface area contributed by atoms with Crippen molar-refractivity contribution in [1.29, 1.82) is 0 Å². The van der Waals surface area contributed by atoms with Crippen LogP contribution >= 0.6 is 0 Å². The van der Waals surface area contributed by atoms with Gasteiger partial charge >= 0.3 is 0 Å². The summed E-state index contributed by atoms with van der Waals surface area (Å²) in [6.45, 7) is 4.79. The van der Waals surface area contributed by atoms with E-state index in [9.17, 15) is 8.42 Å². The molecule has 1 aromatic carbocycles. The first-order valence-electron chi connectivity index (χ1n) is 6.47. The van der Waals surface area contributed by atoms with Gasteiger partial charge in [-0.2, -0.15) is 0 Å². The lowest BCUT2D eigenvalue weighted by Crippen LogP contribution is -2.28. The van der Waals surface area contributed by atoms with Gasteiger partial charge < -0.3 is 4.57 Å². The summed E-state index contributed by atoms with van der Waals surface area (Å²) in [5.74, 6) is 0.889. The summed E-state index contributed by atoms with van der Waals surface area (Å²) >= 11 is 0. The molecule has 1 aromatic heterocycles. The topological polar surface area (TPSA) is 64.0 Å². The van der Waals surface area contributed by atoms with Crippen molar-refractivity contribution < 1.29 is 8.42 Å². The molecule has 0 fully saturated rings. The SMILES string of the molecule is Cc1cccc(CS(=O)(=O)NCCn2ccnc2C)c1.